The van der Waals surface area contributed by atoms with Crippen molar-refractivity contribution in [2.45, 2.75) is 24.2 Å². The quantitative estimate of drug-likeness (QED) is 0.787. The van der Waals surface area contributed by atoms with E-state index in [1.807, 2.05) is 13.8 Å². The van der Waals surface area contributed by atoms with Crippen LogP contribution in [0.1, 0.15) is 12.6 Å². The average molecular weight is 218 g/mol. The first-order chi connectivity index (χ1) is 6.13. The lowest BCUT2D eigenvalue weighted by atomic mass is 10.5. The molecule has 0 radical (unpaired) electrons. The first kappa shape index (κ1) is 10.8. The smallest absolute Gasteiger partial charge is 0.181 e. The third-order valence-electron chi connectivity index (χ3n) is 1.62. The van der Waals surface area contributed by atoms with Crippen LogP contribution in [0.25, 0.3) is 0 Å². The van der Waals surface area contributed by atoms with Crippen molar-refractivity contribution in [2.75, 3.05) is 18.6 Å². The Kier molecular flexibility index (Phi) is 4.02. The molecular weight excluding hydrogens is 204 g/mol. The summed E-state index contributed by atoms with van der Waals surface area (Å²) in [6.45, 7) is 4.03. The molecule has 0 aliphatic rings. The van der Waals surface area contributed by atoms with Crippen LogP contribution in [0.2, 0.25) is 0 Å². The fourth-order valence-electron chi connectivity index (χ4n) is 0.798. The minimum Gasteiger partial charge on any atom is -0.381 e. The van der Waals surface area contributed by atoms with Crippen molar-refractivity contribution < 1.29 is 4.74 Å². The van der Waals surface area contributed by atoms with Crippen molar-refractivity contribution in [3.63, 3.8) is 0 Å². The summed E-state index contributed by atoms with van der Waals surface area (Å²) in [6, 6.07) is 0. The van der Waals surface area contributed by atoms with E-state index in [2.05, 4.69) is 4.98 Å². The van der Waals surface area contributed by atoms with Gasteiger partial charge in [0.1, 0.15) is 0 Å². The van der Waals surface area contributed by atoms with Gasteiger partial charge in [0.25, 0.3) is 0 Å². The molecule has 2 N–H and O–H groups in total. The van der Waals surface area contributed by atoms with Gasteiger partial charge in [-0.15, -0.1) is 11.8 Å². The van der Waals surface area contributed by atoms with Gasteiger partial charge in [-0.2, -0.15) is 0 Å². The number of nitrogens with two attached hydrogens (primary N) is 1. The van der Waals surface area contributed by atoms with Gasteiger partial charge in [-0.1, -0.05) is 11.3 Å². The number of aromatic nitrogens is 1. The molecule has 1 unspecified atom stereocenters. The highest BCUT2D eigenvalue weighted by Gasteiger charge is 2.07. The second kappa shape index (κ2) is 4.83. The highest BCUT2D eigenvalue weighted by atomic mass is 32.2. The fraction of sp³-hybridized carbons (Fsp3) is 0.625. The molecule has 1 aromatic heterocycles. The van der Waals surface area contributed by atoms with E-state index in [-0.39, 0.29) is 6.10 Å². The topological polar surface area (TPSA) is 48.1 Å². The molecule has 0 bridgehead atoms. The van der Waals surface area contributed by atoms with Crippen molar-refractivity contribution in [3.05, 3.63) is 5.69 Å². The van der Waals surface area contributed by atoms with Gasteiger partial charge in [-0.05, 0) is 13.8 Å². The van der Waals surface area contributed by atoms with Crippen LogP contribution in [0.5, 0.6) is 0 Å². The van der Waals surface area contributed by atoms with E-state index in [0.717, 1.165) is 11.4 Å². The Hall–Kier alpha value is -0.260. The van der Waals surface area contributed by atoms with Crippen LogP contribution in [0.4, 0.5) is 5.13 Å². The Bertz CT molecular complexity index is 275. The number of nitrogen functional groups attached to an aromatic ring is 1. The van der Waals surface area contributed by atoms with E-state index < -0.39 is 0 Å². The molecule has 0 aliphatic heterocycles. The molecule has 0 spiro atoms. The highest BCUT2D eigenvalue weighted by molar-refractivity contribution is 8.01. The number of hydrogen-bond acceptors (Lipinski definition) is 5. The maximum atomic E-state index is 5.58. The Morgan fingerprint density at radius 1 is 1.69 bits per heavy atom. The second-order valence-electron chi connectivity index (χ2n) is 2.78. The van der Waals surface area contributed by atoms with Crippen LogP contribution < -0.4 is 5.73 Å². The van der Waals surface area contributed by atoms with Crippen LogP contribution in [0.3, 0.4) is 0 Å². The first-order valence-electron chi connectivity index (χ1n) is 4.02. The number of anilines is 1. The molecule has 0 saturated heterocycles. The minimum atomic E-state index is 0.271. The number of ether oxygens (including phenoxy) is 1. The summed E-state index contributed by atoms with van der Waals surface area (Å²) in [5.74, 6) is 0.943. The molecule has 5 heteroatoms. The number of rotatable bonds is 4. The zero-order valence-electron chi connectivity index (χ0n) is 8.03. The minimum absolute atomic E-state index is 0.271. The molecule has 0 aliphatic carbocycles. The summed E-state index contributed by atoms with van der Waals surface area (Å²) in [7, 11) is 1.72. The molecular formula is C8H14N2OS2. The van der Waals surface area contributed by atoms with Crippen LogP contribution >= 0.6 is 23.1 Å². The predicted octanol–water partition coefficient (Wildman–Crippen LogP) is 2.16. The lowest BCUT2D eigenvalue weighted by Gasteiger charge is -2.06. The highest BCUT2D eigenvalue weighted by Crippen LogP contribution is 2.30. The van der Waals surface area contributed by atoms with Gasteiger partial charge < -0.3 is 10.5 Å². The molecule has 0 fully saturated rings. The zero-order chi connectivity index (χ0) is 9.84. The van der Waals surface area contributed by atoms with Crippen LogP contribution in [0.15, 0.2) is 4.21 Å². The number of thioether (sulfide) groups is 1. The third kappa shape index (κ3) is 3.17. The summed E-state index contributed by atoms with van der Waals surface area (Å²) in [4.78, 5) is 4.15. The summed E-state index contributed by atoms with van der Waals surface area (Å²) in [5, 5.41) is 0.644. The summed E-state index contributed by atoms with van der Waals surface area (Å²) in [6.07, 6.45) is 0.271. The number of hydrogen-bond donors (Lipinski definition) is 1. The fourth-order valence-corrected chi connectivity index (χ4v) is 2.84. The molecule has 74 valence electrons. The lowest BCUT2D eigenvalue weighted by molar-refractivity contribution is 0.138. The van der Waals surface area contributed by atoms with E-state index in [1.165, 1.54) is 4.21 Å². The standard InChI is InChI=1S/C8H14N2OS2/c1-5(11-3)4-12-7-6(2)10-8(9)13-7/h5H,4H2,1-3H3,(H2,9,10). The van der Waals surface area contributed by atoms with Crippen molar-refractivity contribution in [1.82, 2.24) is 4.98 Å². The number of nitrogens with zero attached hydrogens (tertiary/aromatic N) is 1. The first-order valence-corrected chi connectivity index (χ1v) is 5.82. The summed E-state index contributed by atoms with van der Waals surface area (Å²) in [5.41, 5.74) is 6.61. The predicted molar refractivity (Wildman–Crippen MR) is 58.5 cm³/mol. The second-order valence-corrected chi connectivity index (χ2v) is 5.10. The SMILES string of the molecule is COC(C)CSc1sc(N)nc1C. The van der Waals surface area contributed by atoms with Crippen molar-refractivity contribution in [3.8, 4) is 0 Å². The van der Waals surface area contributed by atoms with E-state index >= 15 is 0 Å². The maximum absolute atomic E-state index is 5.58. The van der Waals surface area contributed by atoms with Crippen LogP contribution in [-0.4, -0.2) is 24.0 Å². The average Bonchev–Trinajstić information content (AvgIpc) is 2.41. The van der Waals surface area contributed by atoms with E-state index in [0.29, 0.717) is 5.13 Å². The summed E-state index contributed by atoms with van der Waals surface area (Å²) >= 11 is 3.29. The Morgan fingerprint density at radius 3 is 2.85 bits per heavy atom. The van der Waals surface area contributed by atoms with Gasteiger partial charge in [-0.3, -0.25) is 0 Å². The monoisotopic (exact) mass is 218 g/mol. The van der Waals surface area contributed by atoms with E-state index in [4.69, 9.17) is 10.5 Å². The molecule has 0 amide bonds. The van der Waals surface area contributed by atoms with Gasteiger partial charge in [0.2, 0.25) is 0 Å². The van der Waals surface area contributed by atoms with Gasteiger partial charge in [-0.25, -0.2) is 4.98 Å². The molecule has 1 aromatic rings. The van der Waals surface area contributed by atoms with Gasteiger partial charge in [0, 0.05) is 12.9 Å². The molecule has 1 rings (SSSR count). The number of methoxy groups -OCH3 is 1. The van der Waals surface area contributed by atoms with Gasteiger partial charge in [0.05, 0.1) is 16.0 Å². The molecule has 13 heavy (non-hydrogen) atoms. The van der Waals surface area contributed by atoms with Crippen molar-refractivity contribution >= 4 is 28.2 Å². The molecule has 0 saturated carbocycles. The largest absolute Gasteiger partial charge is 0.381 e. The number of aryl methyl sites for hydroxylation is 1. The Labute approximate surface area is 86.7 Å². The zero-order valence-corrected chi connectivity index (χ0v) is 9.67. The Balaban J connectivity index is 2.49. The lowest BCUT2D eigenvalue weighted by Crippen LogP contribution is -2.07. The maximum Gasteiger partial charge on any atom is 0.181 e. The van der Waals surface area contributed by atoms with Gasteiger partial charge >= 0.3 is 0 Å². The van der Waals surface area contributed by atoms with Crippen LogP contribution in [0, 0.1) is 6.92 Å². The molecule has 0 aromatic carbocycles. The van der Waals surface area contributed by atoms with Gasteiger partial charge in [0.15, 0.2) is 5.13 Å². The van der Waals surface area contributed by atoms with Crippen molar-refractivity contribution in [1.29, 1.82) is 0 Å². The third-order valence-corrected chi connectivity index (χ3v) is 4.20. The van der Waals surface area contributed by atoms with E-state index in [9.17, 15) is 0 Å². The van der Waals surface area contributed by atoms with Crippen LogP contribution in [-0.2, 0) is 4.74 Å². The summed E-state index contributed by atoms with van der Waals surface area (Å²) < 4.78 is 6.35. The van der Waals surface area contributed by atoms with Crippen molar-refractivity contribution in [2.24, 2.45) is 0 Å². The molecule has 3 nitrogen and oxygen atoms in total. The Morgan fingerprint density at radius 2 is 2.38 bits per heavy atom. The van der Waals surface area contributed by atoms with E-state index in [1.54, 1.807) is 30.2 Å². The normalized spacial score (nSPS) is 13.2. The molecule has 1 heterocycles. The number of thiazole rings is 1. The molecule has 1 atom stereocenters.